The van der Waals surface area contributed by atoms with E-state index in [1.807, 2.05) is 0 Å². The second-order valence-electron chi connectivity index (χ2n) is 4.22. The summed E-state index contributed by atoms with van der Waals surface area (Å²) in [4.78, 5) is 27.3. The molecule has 0 aromatic heterocycles. The average molecular weight is 199 g/mol. The highest BCUT2D eigenvalue weighted by Gasteiger charge is 2.19. The first-order valence-corrected chi connectivity index (χ1v) is 4.29. The van der Waals surface area contributed by atoms with E-state index in [-0.39, 0.29) is 0 Å². The van der Waals surface area contributed by atoms with Crippen LogP contribution in [-0.2, 0) is 9.59 Å². The number of hydrogen-bond acceptors (Lipinski definition) is 2. The topological polar surface area (TPSA) is 61.8 Å². The van der Waals surface area contributed by atoms with Gasteiger partial charge in [-0.1, -0.05) is 0 Å². The molecule has 0 aliphatic heterocycles. The maximum absolute atomic E-state index is 11.2. The minimum Gasteiger partial charge on any atom is -0.369 e. The van der Waals surface area contributed by atoms with Crippen molar-refractivity contribution in [2.45, 2.75) is 26.3 Å². The average Bonchev–Trinajstić information content (AvgIpc) is 1.96. The molecule has 0 saturated carbocycles. The monoisotopic (exact) mass is 199 g/mol. The third-order valence-corrected chi connectivity index (χ3v) is 1.09. The van der Waals surface area contributed by atoms with E-state index in [9.17, 15) is 9.59 Å². The number of hydrogen-bond donors (Lipinski definition) is 1. The Bertz CT molecular complexity index is 251. The lowest BCUT2D eigenvalue weighted by atomic mass is 10.1. The summed E-state index contributed by atoms with van der Waals surface area (Å²) in [6.07, 6.45) is 1.30. The number of carbonyl (C=O) groups is 2. The van der Waals surface area contributed by atoms with Gasteiger partial charge in [-0.15, -0.1) is 0 Å². The molecule has 14 heavy (non-hydrogen) atoms. The molecular weight excluding hydrogens is 182 g/mol. The Morgan fingerprint density at radius 2 is 1.79 bits per heavy atom. The fourth-order valence-electron chi connectivity index (χ4n) is 0.621. The molecule has 0 saturated heterocycles. The predicted octanol–water partition coefficient (Wildman–Crippen LogP) is 0.0176. The van der Waals surface area contributed by atoms with E-state index in [1.54, 1.807) is 39.8 Å². The molecule has 0 fully saturated rings. The lowest BCUT2D eigenvalue weighted by Gasteiger charge is -2.18. The molecule has 1 N–H and O–H groups in total. The van der Waals surface area contributed by atoms with E-state index in [2.05, 4.69) is 10.3 Å². The predicted molar refractivity (Wildman–Crippen MR) is 55.1 cm³/mol. The Kier molecular flexibility index (Phi) is 4.27. The van der Waals surface area contributed by atoms with Crippen LogP contribution < -0.4 is 5.32 Å². The summed E-state index contributed by atoms with van der Waals surface area (Å²) >= 11 is 0. The first-order chi connectivity index (χ1) is 6.22. The van der Waals surface area contributed by atoms with Gasteiger partial charge in [0.05, 0.1) is 6.34 Å². The van der Waals surface area contributed by atoms with Gasteiger partial charge in [-0.25, -0.2) is 0 Å². The molecule has 0 radical (unpaired) electrons. The van der Waals surface area contributed by atoms with E-state index >= 15 is 0 Å². The minimum absolute atomic E-state index is 0.416. The third-order valence-electron chi connectivity index (χ3n) is 1.09. The van der Waals surface area contributed by atoms with Crippen LogP contribution in [0.2, 0.25) is 0 Å². The lowest BCUT2D eigenvalue weighted by molar-refractivity contribution is -0.138. The molecule has 5 nitrogen and oxygen atoms in total. The number of nitrogens with one attached hydrogen (secondary N) is 1. The van der Waals surface area contributed by atoms with Crippen molar-refractivity contribution in [3.63, 3.8) is 0 Å². The Morgan fingerprint density at radius 1 is 1.29 bits per heavy atom. The van der Waals surface area contributed by atoms with Crippen molar-refractivity contribution in [1.29, 1.82) is 0 Å². The van der Waals surface area contributed by atoms with E-state index in [0.29, 0.717) is 0 Å². The van der Waals surface area contributed by atoms with E-state index in [1.165, 1.54) is 6.34 Å². The normalized spacial score (nSPS) is 11.5. The maximum atomic E-state index is 11.2. The van der Waals surface area contributed by atoms with Crippen molar-refractivity contribution < 1.29 is 9.59 Å². The molecule has 0 atom stereocenters. The van der Waals surface area contributed by atoms with Crippen LogP contribution >= 0.6 is 0 Å². The first-order valence-electron chi connectivity index (χ1n) is 4.29. The van der Waals surface area contributed by atoms with Gasteiger partial charge in [0.25, 0.3) is 0 Å². The van der Waals surface area contributed by atoms with Gasteiger partial charge in [0.1, 0.15) is 0 Å². The van der Waals surface area contributed by atoms with Gasteiger partial charge in [0, 0.05) is 19.6 Å². The summed E-state index contributed by atoms with van der Waals surface area (Å²) in [5.74, 6) is -1.47. The van der Waals surface area contributed by atoms with Crippen molar-refractivity contribution in [3.05, 3.63) is 0 Å². The minimum atomic E-state index is -0.784. The molecule has 0 aliphatic rings. The van der Waals surface area contributed by atoms with Crippen LogP contribution in [0.4, 0.5) is 0 Å². The summed E-state index contributed by atoms with van der Waals surface area (Å²) in [6, 6.07) is 0. The first kappa shape index (κ1) is 12.6. The van der Waals surface area contributed by atoms with Gasteiger partial charge in [-0.3, -0.25) is 9.59 Å². The van der Waals surface area contributed by atoms with E-state index in [0.717, 1.165) is 0 Å². The molecule has 80 valence electrons. The smallest absolute Gasteiger partial charge is 0.336 e. The summed E-state index contributed by atoms with van der Waals surface area (Å²) in [7, 11) is 3.44. The van der Waals surface area contributed by atoms with Crippen LogP contribution in [0.15, 0.2) is 4.99 Å². The molecule has 0 bridgehead atoms. The highest BCUT2D eigenvalue weighted by Crippen LogP contribution is 1.97. The number of rotatable bonds is 1. The number of aliphatic imine (C=N–C) groups is 1. The zero-order valence-electron chi connectivity index (χ0n) is 9.29. The number of carbonyl (C=O) groups excluding carboxylic acids is 2. The van der Waals surface area contributed by atoms with Gasteiger partial charge in [-0.2, -0.15) is 4.99 Å². The zero-order chi connectivity index (χ0) is 11.4. The largest absolute Gasteiger partial charge is 0.369 e. The fraction of sp³-hybridized carbons (Fsp3) is 0.667. The summed E-state index contributed by atoms with van der Waals surface area (Å²) in [5, 5.41) is 2.52. The second kappa shape index (κ2) is 4.74. The third kappa shape index (κ3) is 6.16. The van der Waals surface area contributed by atoms with Gasteiger partial charge < -0.3 is 10.2 Å². The number of nitrogens with zero attached hydrogens (tertiary/aromatic N) is 2. The maximum Gasteiger partial charge on any atom is 0.336 e. The van der Waals surface area contributed by atoms with Gasteiger partial charge in [0.2, 0.25) is 0 Å². The van der Waals surface area contributed by atoms with Gasteiger partial charge in [-0.05, 0) is 20.8 Å². The Labute approximate surface area is 84.2 Å². The fourth-order valence-corrected chi connectivity index (χ4v) is 0.621. The summed E-state index contributed by atoms with van der Waals surface area (Å²) in [5.41, 5.74) is -0.416. The van der Waals surface area contributed by atoms with Crippen molar-refractivity contribution in [1.82, 2.24) is 10.2 Å². The molecule has 0 aliphatic carbocycles. The SMILES string of the molecule is CN(C)C=NC(=O)C(=O)NC(C)(C)C. The Hall–Kier alpha value is -1.39. The van der Waals surface area contributed by atoms with Crippen molar-refractivity contribution in [2.24, 2.45) is 4.99 Å². The molecule has 0 spiro atoms. The van der Waals surface area contributed by atoms with Crippen molar-refractivity contribution in [3.8, 4) is 0 Å². The molecule has 0 aromatic carbocycles. The molecule has 0 unspecified atom stereocenters. The highest BCUT2D eigenvalue weighted by molar-refractivity contribution is 6.36. The standard InChI is InChI=1S/C9H17N3O2/c1-9(2,3)11-8(14)7(13)10-6-12(4)5/h6H,1-5H3,(H,11,14). The van der Waals surface area contributed by atoms with Gasteiger partial charge >= 0.3 is 11.8 Å². The lowest BCUT2D eigenvalue weighted by Crippen LogP contribution is -2.43. The van der Waals surface area contributed by atoms with E-state index in [4.69, 9.17) is 0 Å². The van der Waals surface area contributed by atoms with Crippen molar-refractivity contribution >= 4 is 18.2 Å². The molecule has 0 aromatic rings. The molecule has 5 heteroatoms. The summed E-state index contributed by atoms with van der Waals surface area (Å²) in [6.45, 7) is 5.40. The van der Waals surface area contributed by atoms with Crippen LogP contribution in [0.1, 0.15) is 20.8 Å². The van der Waals surface area contributed by atoms with Crippen LogP contribution in [0.5, 0.6) is 0 Å². The number of amides is 2. The van der Waals surface area contributed by atoms with Crippen LogP contribution in [0, 0.1) is 0 Å². The van der Waals surface area contributed by atoms with Crippen LogP contribution in [0.3, 0.4) is 0 Å². The molecule has 0 rings (SSSR count). The highest BCUT2D eigenvalue weighted by atomic mass is 16.2. The quantitative estimate of drug-likeness (QED) is 0.368. The Morgan fingerprint density at radius 3 is 2.14 bits per heavy atom. The van der Waals surface area contributed by atoms with Crippen molar-refractivity contribution in [2.75, 3.05) is 14.1 Å². The molecule has 0 heterocycles. The second-order valence-corrected chi connectivity index (χ2v) is 4.22. The van der Waals surface area contributed by atoms with Crippen LogP contribution in [0.25, 0.3) is 0 Å². The molecule has 2 amide bonds. The molecular formula is C9H17N3O2. The zero-order valence-corrected chi connectivity index (χ0v) is 9.29. The van der Waals surface area contributed by atoms with Gasteiger partial charge in [0.15, 0.2) is 0 Å². The van der Waals surface area contributed by atoms with E-state index < -0.39 is 17.4 Å². The Balaban J connectivity index is 4.22. The summed E-state index contributed by atoms with van der Waals surface area (Å²) < 4.78 is 0. The van der Waals surface area contributed by atoms with Crippen LogP contribution in [-0.4, -0.2) is 42.7 Å².